The minimum absolute atomic E-state index is 0.826. The maximum absolute atomic E-state index is 5.90. The van der Waals surface area contributed by atoms with E-state index in [9.17, 15) is 0 Å². The van der Waals surface area contributed by atoms with Crippen molar-refractivity contribution in [1.29, 1.82) is 0 Å². The molecule has 0 unspecified atom stereocenters. The van der Waals surface area contributed by atoms with E-state index in [0.29, 0.717) is 0 Å². The minimum Gasteiger partial charge on any atom is -0.493 e. The van der Waals surface area contributed by atoms with Gasteiger partial charge in [0.05, 0.1) is 6.61 Å². The number of rotatable bonds is 8. The van der Waals surface area contributed by atoms with Gasteiger partial charge in [-0.25, -0.2) is 0 Å². The highest BCUT2D eigenvalue weighted by Crippen LogP contribution is 2.22. The van der Waals surface area contributed by atoms with Gasteiger partial charge in [0.2, 0.25) is 0 Å². The molecule has 1 rings (SSSR count). The van der Waals surface area contributed by atoms with Gasteiger partial charge < -0.3 is 9.64 Å². The molecule has 0 atom stereocenters. The number of unbranched alkanes of at least 4 members (excludes halogenated alkanes) is 1. The fourth-order valence-electron chi connectivity index (χ4n) is 2.18. The predicted octanol–water partition coefficient (Wildman–Crippen LogP) is 3.80. The van der Waals surface area contributed by atoms with Gasteiger partial charge >= 0.3 is 0 Å². The van der Waals surface area contributed by atoms with Gasteiger partial charge in [0, 0.05) is 0 Å². The van der Waals surface area contributed by atoms with E-state index in [1.807, 2.05) is 0 Å². The van der Waals surface area contributed by atoms with Crippen molar-refractivity contribution in [2.45, 2.75) is 40.5 Å². The second kappa shape index (κ2) is 8.15. The van der Waals surface area contributed by atoms with Crippen LogP contribution >= 0.6 is 0 Å². The van der Waals surface area contributed by atoms with E-state index in [0.717, 1.165) is 31.9 Å². The van der Waals surface area contributed by atoms with Crippen molar-refractivity contribution in [3.63, 3.8) is 0 Å². The molecule has 0 fully saturated rings. The Bertz CT molecular complexity index is 325. The van der Waals surface area contributed by atoms with Crippen molar-refractivity contribution >= 4 is 0 Å². The Balaban J connectivity index is 2.26. The van der Waals surface area contributed by atoms with Crippen molar-refractivity contribution in [3.05, 3.63) is 29.3 Å². The number of hydrogen-bond acceptors (Lipinski definition) is 2. The molecule has 2 heteroatoms. The summed E-state index contributed by atoms with van der Waals surface area (Å²) in [4.78, 5) is 2.46. The predicted molar refractivity (Wildman–Crippen MR) is 78.4 cm³/mol. The topological polar surface area (TPSA) is 12.5 Å². The maximum Gasteiger partial charge on any atom is 0.125 e. The Labute approximate surface area is 112 Å². The maximum atomic E-state index is 5.90. The number of ether oxygens (including phenoxy) is 1. The molecule has 2 nitrogen and oxygen atoms in total. The van der Waals surface area contributed by atoms with Gasteiger partial charge in [-0.05, 0) is 57.5 Å². The van der Waals surface area contributed by atoms with E-state index in [1.165, 1.54) is 24.1 Å². The lowest BCUT2D eigenvalue weighted by molar-refractivity contribution is 0.264. The van der Waals surface area contributed by atoms with Crippen LogP contribution in [0, 0.1) is 13.8 Å². The van der Waals surface area contributed by atoms with E-state index in [4.69, 9.17) is 4.74 Å². The first kappa shape index (κ1) is 15.0. The molecule has 1 aromatic rings. The lowest BCUT2D eigenvalue weighted by Crippen LogP contribution is -2.24. The van der Waals surface area contributed by atoms with Gasteiger partial charge in [-0.2, -0.15) is 0 Å². The lowest BCUT2D eigenvalue weighted by atomic mass is 10.1. The van der Waals surface area contributed by atoms with Gasteiger partial charge in [-0.3, -0.25) is 0 Å². The molecule has 0 aliphatic carbocycles. The number of para-hydroxylation sites is 1. The van der Waals surface area contributed by atoms with Crippen LogP contribution in [0.2, 0.25) is 0 Å². The lowest BCUT2D eigenvalue weighted by Gasteiger charge is -2.18. The molecule has 0 aliphatic rings. The SMILES string of the molecule is CCN(CC)CCCCOc1c(C)cccc1C. The Morgan fingerprint density at radius 3 is 2.17 bits per heavy atom. The van der Waals surface area contributed by atoms with Crippen LogP contribution in [0.15, 0.2) is 18.2 Å². The molecule has 102 valence electrons. The molecule has 0 amide bonds. The van der Waals surface area contributed by atoms with Gasteiger partial charge in [-0.1, -0.05) is 32.0 Å². The highest BCUT2D eigenvalue weighted by atomic mass is 16.5. The number of aryl methyl sites for hydroxylation is 2. The van der Waals surface area contributed by atoms with E-state index in [2.05, 4.69) is 50.8 Å². The fourth-order valence-corrected chi connectivity index (χ4v) is 2.18. The van der Waals surface area contributed by atoms with Gasteiger partial charge in [0.25, 0.3) is 0 Å². The summed E-state index contributed by atoms with van der Waals surface area (Å²) >= 11 is 0. The zero-order valence-electron chi connectivity index (χ0n) is 12.3. The Morgan fingerprint density at radius 2 is 1.61 bits per heavy atom. The van der Waals surface area contributed by atoms with Gasteiger partial charge in [0.1, 0.15) is 5.75 Å². The van der Waals surface area contributed by atoms with E-state index < -0.39 is 0 Å². The normalized spacial score (nSPS) is 10.9. The first-order valence-electron chi connectivity index (χ1n) is 7.10. The Hall–Kier alpha value is -1.02. The highest BCUT2D eigenvalue weighted by molar-refractivity contribution is 5.39. The summed E-state index contributed by atoms with van der Waals surface area (Å²) in [6.07, 6.45) is 2.34. The summed E-state index contributed by atoms with van der Waals surface area (Å²) < 4.78 is 5.90. The molecular formula is C16H27NO. The molecule has 0 bridgehead atoms. The van der Waals surface area contributed by atoms with Crippen molar-refractivity contribution in [3.8, 4) is 5.75 Å². The first-order valence-corrected chi connectivity index (χ1v) is 7.10. The minimum atomic E-state index is 0.826. The van der Waals surface area contributed by atoms with Crippen molar-refractivity contribution in [1.82, 2.24) is 4.90 Å². The van der Waals surface area contributed by atoms with Gasteiger partial charge in [0.15, 0.2) is 0 Å². The quantitative estimate of drug-likeness (QED) is 0.650. The molecule has 0 aliphatic heterocycles. The monoisotopic (exact) mass is 249 g/mol. The molecule has 0 N–H and O–H groups in total. The third-order valence-electron chi connectivity index (χ3n) is 3.42. The summed E-state index contributed by atoms with van der Waals surface area (Å²) in [5.74, 6) is 1.07. The average Bonchev–Trinajstić information content (AvgIpc) is 2.37. The zero-order valence-corrected chi connectivity index (χ0v) is 12.3. The summed E-state index contributed by atoms with van der Waals surface area (Å²) in [5, 5.41) is 0. The molecular weight excluding hydrogens is 222 g/mol. The molecule has 0 heterocycles. The summed E-state index contributed by atoms with van der Waals surface area (Å²) in [6.45, 7) is 13.0. The molecule has 0 radical (unpaired) electrons. The zero-order chi connectivity index (χ0) is 13.4. The molecule has 0 saturated carbocycles. The van der Waals surface area contributed by atoms with Crippen LogP contribution in [-0.2, 0) is 0 Å². The van der Waals surface area contributed by atoms with Crippen LogP contribution in [0.4, 0.5) is 0 Å². The average molecular weight is 249 g/mol. The second-order valence-corrected chi connectivity index (χ2v) is 4.80. The van der Waals surface area contributed by atoms with Crippen LogP contribution in [0.3, 0.4) is 0 Å². The third-order valence-corrected chi connectivity index (χ3v) is 3.42. The van der Waals surface area contributed by atoms with Crippen molar-refractivity contribution in [2.24, 2.45) is 0 Å². The second-order valence-electron chi connectivity index (χ2n) is 4.80. The number of benzene rings is 1. The molecule has 1 aromatic carbocycles. The first-order chi connectivity index (χ1) is 8.69. The highest BCUT2D eigenvalue weighted by Gasteiger charge is 2.03. The molecule has 0 saturated heterocycles. The molecule has 0 spiro atoms. The Morgan fingerprint density at radius 1 is 1.00 bits per heavy atom. The summed E-state index contributed by atoms with van der Waals surface area (Å²) in [5.41, 5.74) is 2.47. The summed E-state index contributed by atoms with van der Waals surface area (Å²) in [6, 6.07) is 6.30. The van der Waals surface area contributed by atoms with E-state index >= 15 is 0 Å². The van der Waals surface area contributed by atoms with Crippen LogP contribution < -0.4 is 4.74 Å². The van der Waals surface area contributed by atoms with Crippen LogP contribution in [0.5, 0.6) is 5.75 Å². The third kappa shape index (κ3) is 4.69. The van der Waals surface area contributed by atoms with Gasteiger partial charge in [-0.15, -0.1) is 0 Å². The van der Waals surface area contributed by atoms with Crippen molar-refractivity contribution < 1.29 is 4.74 Å². The molecule has 0 aromatic heterocycles. The summed E-state index contributed by atoms with van der Waals surface area (Å²) in [7, 11) is 0. The van der Waals surface area contributed by atoms with Crippen LogP contribution in [0.1, 0.15) is 37.8 Å². The number of hydrogen-bond donors (Lipinski definition) is 0. The van der Waals surface area contributed by atoms with E-state index in [1.54, 1.807) is 0 Å². The van der Waals surface area contributed by atoms with Crippen LogP contribution in [-0.4, -0.2) is 31.1 Å². The molecule has 18 heavy (non-hydrogen) atoms. The Kier molecular flexibility index (Phi) is 6.81. The fraction of sp³-hybridized carbons (Fsp3) is 0.625. The van der Waals surface area contributed by atoms with Crippen molar-refractivity contribution in [2.75, 3.05) is 26.2 Å². The number of nitrogens with zero attached hydrogens (tertiary/aromatic N) is 1. The van der Waals surface area contributed by atoms with Crippen LogP contribution in [0.25, 0.3) is 0 Å². The smallest absolute Gasteiger partial charge is 0.125 e. The van der Waals surface area contributed by atoms with E-state index in [-0.39, 0.29) is 0 Å². The standard InChI is InChI=1S/C16H27NO/c1-5-17(6-2)12-7-8-13-18-16-14(3)10-9-11-15(16)4/h9-11H,5-8,12-13H2,1-4H3. The largest absolute Gasteiger partial charge is 0.493 e.